The first kappa shape index (κ1) is 18.7. The molecule has 1 heterocycles. The molecule has 0 aromatic heterocycles. The van der Waals surface area contributed by atoms with E-state index in [4.69, 9.17) is 4.74 Å². The minimum Gasteiger partial charge on any atom is -0.496 e. The summed E-state index contributed by atoms with van der Waals surface area (Å²) < 4.78 is 31.0. The van der Waals surface area contributed by atoms with Gasteiger partial charge in [0.15, 0.2) is 0 Å². The molecule has 2 aliphatic carbocycles. The Kier molecular flexibility index (Phi) is 4.45. The molecule has 4 rings (SSSR count). The molecule has 1 saturated heterocycles. The fourth-order valence-electron chi connectivity index (χ4n) is 5.30. The predicted molar refractivity (Wildman–Crippen MR) is 96.7 cm³/mol. The highest BCUT2D eigenvalue weighted by molar-refractivity contribution is 5.81. The summed E-state index contributed by atoms with van der Waals surface area (Å²) in [5.74, 6) is 1.24. The number of carbonyl (C=O) groups excluding carboxylic acids is 1. The van der Waals surface area contributed by atoms with Crippen LogP contribution >= 0.6 is 0 Å². The van der Waals surface area contributed by atoms with E-state index in [0.29, 0.717) is 24.5 Å². The molecule has 148 valence electrons. The molecule has 0 radical (unpaired) electrons. The van der Waals surface area contributed by atoms with Gasteiger partial charge >= 0.3 is 0 Å². The molecule has 1 aliphatic heterocycles. The van der Waals surface area contributed by atoms with E-state index >= 15 is 0 Å². The molecular formula is C21H27F2NO3. The molecule has 0 atom stereocenters. The summed E-state index contributed by atoms with van der Waals surface area (Å²) in [6.07, 6.45) is 1.63. The molecule has 1 amide bonds. The molecule has 1 aromatic rings. The Labute approximate surface area is 158 Å². The second-order valence-corrected chi connectivity index (χ2v) is 9.15. The van der Waals surface area contributed by atoms with Crippen molar-refractivity contribution in [3.05, 3.63) is 29.3 Å². The van der Waals surface area contributed by atoms with Gasteiger partial charge in [-0.05, 0) is 56.6 Å². The lowest BCUT2D eigenvalue weighted by Gasteiger charge is -2.60. The molecule has 0 unspecified atom stereocenters. The number of alkyl halides is 2. The molecule has 2 saturated carbocycles. The first-order valence-electron chi connectivity index (χ1n) is 9.66. The van der Waals surface area contributed by atoms with Crippen LogP contribution in [0.15, 0.2) is 18.2 Å². The zero-order valence-corrected chi connectivity index (χ0v) is 15.9. The van der Waals surface area contributed by atoms with Crippen molar-refractivity contribution in [2.24, 2.45) is 17.3 Å². The van der Waals surface area contributed by atoms with E-state index in [-0.39, 0.29) is 22.8 Å². The molecular weight excluding hydrogens is 352 g/mol. The average molecular weight is 379 g/mol. The van der Waals surface area contributed by atoms with Crippen LogP contribution in [0.5, 0.6) is 5.75 Å². The van der Waals surface area contributed by atoms with Crippen LogP contribution < -0.4 is 4.74 Å². The third kappa shape index (κ3) is 3.44. The Morgan fingerprint density at radius 3 is 2.52 bits per heavy atom. The minimum atomic E-state index is -2.49. The fraction of sp³-hybridized carbons (Fsp3) is 0.667. The molecule has 1 aromatic carbocycles. The van der Waals surface area contributed by atoms with E-state index in [9.17, 15) is 18.7 Å². The maximum absolute atomic E-state index is 12.8. The summed E-state index contributed by atoms with van der Waals surface area (Å²) in [7, 11) is 1.52. The lowest BCUT2D eigenvalue weighted by atomic mass is 9.56. The number of nitrogens with zero attached hydrogens (tertiary/aromatic N) is 1. The number of benzene rings is 1. The van der Waals surface area contributed by atoms with Crippen LogP contribution in [0.25, 0.3) is 0 Å². The quantitative estimate of drug-likeness (QED) is 0.851. The van der Waals surface area contributed by atoms with Crippen LogP contribution in [-0.4, -0.2) is 41.7 Å². The van der Waals surface area contributed by atoms with Crippen molar-refractivity contribution in [2.75, 3.05) is 20.2 Å². The zero-order chi connectivity index (χ0) is 19.4. The van der Waals surface area contributed by atoms with Gasteiger partial charge in [0, 0.05) is 30.0 Å². The third-order valence-electron chi connectivity index (χ3n) is 6.60. The van der Waals surface area contributed by atoms with Gasteiger partial charge in [-0.3, -0.25) is 4.79 Å². The van der Waals surface area contributed by atoms with Gasteiger partial charge in [-0.25, -0.2) is 8.78 Å². The summed E-state index contributed by atoms with van der Waals surface area (Å²) in [5, 5.41) is 9.81. The number of ether oxygens (including phenoxy) is 1. The highest BCUT2D eigenvalue weighted by Gasteiger charge is 2.55. The van der Waals surface area contributed by atoms with E-state index in [2.05, 4.69) is 0 Å². The highest BCUT2D eigenvalue weighted by Crippen LogP contribution is 2.54. The van der Waals surface area contributed by atoms with Crippen LogP contribution in [-0.2, 0) is 11.2 Å². The van der Waals surface area contributed by atoms with E-state index in [1.807, 2.05) is 4.90 Å². The summed E-state index contributed by atoms with van der Waals surface area (Å²) in [4.78, 5) is 14.3. The lowest BCUT2D eigenvalue weighted by molar-refractivity contribution is -0.171. The smallest absolute Gasteiger partial charge is 0.263 e. The monoisotopic (exact) mass is 379 g/mol. The Balaban J connectivity index is 1.27. The Hall–Kier alpha value is -1.69. The van der Waals surface area contributed by atoms with Crippen LogP contribution in [0, 0.1) is 17.3 Å². The van der Waals surface area contributed by atoms with Gasteiger partial charge in [-0.2, -0.15) is 0 Å². The molecule has 3 aliphatic rings. The van der Waals surface area contributed by atoms with Crippen LogP contribution in [0.3, 0.4) is 0 Å². The van der Waals surface area contributed by atoms with Crippen molar-refractivity contribution in [1.29, 1.82) is 0 Å². The number of halogens is 2. The maximum Gasteiger partial charge on any atom is 0.263 e. The maximum atomic E-state index is 12.8. The predicted octanol–water partition coefficient (Wildman–Crippen LogP) is 3.57. The van der Waals surface area contributed by atoms with Gasteiger partial charge in [0.05, 0.1) is 12.7 Å². The topological polar surface area (TPSA) is 49.8 Å². The van der Waals surface area contributed by atoms with Gasteiger partial charge in [0.25, 0.3) is 6.43 Å². The van der Waals surface area contributed by atoms with E-state index in [0.717, 1.165) is 37.9 Å². The van der Waals surface area contributed by atoms with Gasteiger partial charge < -0.3 is 14.7 Å². The van der Waals surface area contributed by atoms with Crippen molar-refractivity contribution in [1.82, 2.24) is 4.90 Å². The first-order valence-corrected chi connectivity index (χ1v) is 9.66. The van der Waals surface area contributed by atoms with E-state index < -0.39 is 12.0 Å². The van der Waals surface area contributed by atoms with Gasteiger partial charge in [-0.15, -0.1) is 0 Å². The van der Waals surface area contributed by atoms with E-state index in [1.165, 1.54) is 19.2 Å². The van der Waals surface area contributed by atoms with Crippen molar-refractivity contribution in [3.8, 4) is 5.75 Å². The number of methoxy groups -OCH3 is 1. The van der Waals surface area contributed by atoms with Gasteiger partial charge in [0.2, 0.25) is 5.91 Å². The Bertz CT molecular complexity index is 727. The summed E-state index contributed by atoms with van der Waals surface area (Å²) >= 11 is 0. The number of amides is 1. The van der Waals surface area contributed by atoms with Crippen molar-refractivity contribution < 1.29 is 23.4 Å². The van der Waals surface area contributed by atoms with Crippen LogP contribution in [0.2, 0.25) is 0 Å². The van der Waals surface area contributed by atoms with Crippen molar-refractivity contribution >= 4 is 5.91 Å². The van der Waals surface area contributed by atoms with Gasteiger partial charge in [-0.1, -0.05) is 12.1 Å². The largest absolute Gasteiger partial charge is 0.496 e. The summed E-state index contributed by atoms with van der Waals surface area (Å²) in [6, 6.07) is 4.67. The molecule has 4 nitrogen and oxygen atoms in total. The average Bonchev–Trinajstić information content (AvgIpc) is 2.52. The Morgan fingerprint density at radius 1 is 1.30 bits per heavy atom. The summed E-state index contributed by atoms with van der Waals surface area (Å²) in [5.41, 5.74) is 0.557. The molecule has 1 N–H and O–H groups in total. The third-order valence-corrected chi connectivity index (χ3v) is 6.60. The Morgan fingerprint density at radius 2 is 1.96 bits per heavy atom. The number of rotatable bonds is 5. The van der Waals surface area contributed by atoms with Crippen LogP contribution in [0.1, 0.15) is 50.2 Å². The molecule has 1 spiro atoms. The zero-order valence-electron chi connectivity index (χ0n) is 15.9. The van der Waals surface area contributed by atoms with E-state index in [1.54, 1.807) is 13.0 Å². The first-order chi connectivity index (χ1) is 12.7. The second kappa shape index (κ2) is 6.43. The lowest BCUT2D eigenvalue weighted by Crippen LogP contribution is -2.66. The normalized spacial score (nSPS) is 29.3. The van der Waals surface area contributed by atoms with Gasteiger partial charge in [0.1, 0.15) is 5.75 Å². The highest BCUT2D eigenvalue weighted by atomic mass is 19.3. The minimum absolute atomic E-state index is 0.00849. The van der Waals surface area contributed by atoms with Crippen molar-refractivity contribution in [2.45, 2.75) is 51.1 Å². The SMILES string of the molecule is COc1cc(C(F)F)ccc1CC1CC2(C1)CN(C(=O)[C@H]1C[C@@](C)(O)C1)C2. The fourth-order valence-corrected chi connectivity index (χ4v) is 5.30. The molecule has 6 heteroatoms. The number of hydrogen-bond acceptors (Lipinski definition) is 3. The number of aliphatic hydroxyl groups is 1. The molecule has 0 bridgehead atoms. The molecule has 3 fully saturated rings. The standard InChI is InChI=1S/C21H27F2NO3/c1-20(26)9-16(10-20)19(25)24-11-21(12-24)7-13(8-21)5-14-3-4-15(18(22)23)6-17(14)27-2/h3-4,6,13,16,18,26H,5,7-12H2,1-2H3/t16-,20+. The number of likely N-dealkylation sites (tertiary alicyclic amines) is 1. The number of carbonyl (C=O) groups is 1. The second-order valence-electron chi connectivity index (χ2n) is 9.15. The summed E-state index contributed by atoms with van der Waals surface area (Å²) in [6.45, 7) is 3.43. The molecule has 27 heavy (non-hydrogen) atoms. The van der Waals surface area contributed by atoms with Crippen molar-refractivity contribution in [3.63, 3.8) is 0 Å². The van der Waals surface area contributed by atoms with Crippen LogP contribution in [0.4, 0.5) is 8.78 Å². The number of hydrogen-bond donors (Lipinski definition) is 1.